The maximum atomic E-state index is 13.2. The Morgan fingerprint density at radius 2 is 2.07 bits per heavy atom. The van der Waals surface area contributed by atoms with E-state index in [9.17, 15) is 14.9 Å². The third kappa shape index (κ3) is 3.79. The number of halogens is 1. The van der Waals surface area contributed by atoms with Crippen molar-refractivity contribution in [1.29, 1.82) is 0 Å². The fraction of sp³-hybridized carbons (Fsp3) is 0.0556. The van der Waals surface area contributed by atoms with Gasteiger partial charge in [0.2, 0.25) is 0 Å². The largest absolute Gasteiger partial charge is 0.324 e. The second-order valence-electron chi connectivity index (χ2n) is 5.76. The van der Waals surface area contributed by atoms with E-state index in [0.717, 1.165) is 31.6 Å². The van der Waals surface area contributed by atoms with Gasteiger partial charge in [0.15, 0.2) is 5.13 Å². The van der Waals surface area contributed by atoms with Crippen molar-refractivity contribution in [2.45, 2.75) is 6.54 Å². The van der Waals surface area contributed by atoms with E-state index < -0.39 is 4.92 Å². The molecule has 0 saturated heterocycles. The molecule has 3 heterocycles. The summed E-state index contributed by atoms with van der Waals surface area (Å²) in [5.74, 6) is -0.333. The topological polar surface area (TPSA) is 89.2 Å². The second-order valence-corrected chi connectivity index (χ2v) is 8.74. The first-order valence-electron chi connectivity index (χ1n) is 8.02. The van der Waals surface area contributed by atoms with Crippen molar-refractivity contribution < 1.29 is 9.72 Å². The molecule has 1 amide bonds. The first-order valence-corrected chi connectivity index (χ1v) is 10.4. The average Bonchev–Trinajstić information content (AvgIpc) is 3.33. The fourth-order valence-electron chi connectivity index (χ4n) is 2.58. The number of nitrogens with zero attached hydrogens (tertiary/aromatic N) is 4. The summed E-state index contributed by atoms with van der Waals surface area (Å²) in [5, 5.41) is 11.4. The summed E-state index contributed by atoms with van der Waals surface area (Å²) < 4.78 is 1.86. The quantitative estimate of drug-likeness (QED) is 0.290. The van der Waals surface area contributed by atoms with Crippen LogP contribution in [0.3, 0.4) is 0 Å². The zero-order valence-electron chi connectivity index (χ0n) is 14.1. The van der Waals surface area contributed by atoms with Crippen LogP contribution < -0.4 is 4.90 Å². The van der Waals surface area contributed by atoms with Gasteiger partial charge in [-0.15, -0.1) is 0 Å². The third-order valence-electron chi connectivity index (χ3n) is 3.86. The van der Waals surface area contributed by atoms with Crippen LogP contribution >= 0.6 is 38.6 Å². The predicted octanol–water partition coefficient (Wildman–Crippen LogP) is 5.27. The van der Waals surface area contributed by atoms with Gasteiger partial charge in [-0.05, 0) is 35.9 Å². The van der Waals surface area contributed by atoms with Crippen molar-refractivity contribution in [1.82, 2.24) is 9.97 Å². The van der Waals surface area contributed by atoms with Crippen molar-refractivity contribution in [3.8, 4) is 0 Å². The van der Waals surface area contributed by atoms with Crippen LogP contribution in [0.25, 0.3) is 10.2 Å². The van der Waals surface area contributed by atoms with Crippen molar-refractivity contribution in [3.05, 3.63) is 79.9 Å². The molecule has 0 N–H and O–H groups in total. The molecule has 1 aromatic carbocycles. The van der Waals surface area contributed by atoms with E-state index in [0.29, 0.717) is 5.13 Å². The SMILES string of the molecule is O=C(c1ccc([N+](=O)[O-])s1)N(Cc1cccnc1)c1nc2ccc(Br)cc2s1. The fourth-order valence-corrected chi connectivity index (χ4v) is 4.86. The number of fused-ring (bicyclic) bond motifs is 1. The van der Waals surface area contributed by atoms with E-state index in [1.807, 2.05) is 24.3 Å². The number of rotatable bonds is 5. The van der Waals surface area contributed by atoms with Crippen molar-refractivity contribution in [2.75, 3.05) is 4.90 Å². The molecule has 0 bridgehead atoms. The van der Waals surface area contributed by atoms with Crippen molar-refractivity contribution >= 4 is 64.9 Å². The zero-order chi connectivity index (χ0) is 19.7. The molecule has 0 radical (unpaired) electrons. The number of pyridine rings is 1. The smallest absolute Gasteiger partial charge is 0.279 e. The molecule has 0 atom stereocenters. The highest BCUT2D eigenvalue weighted by Crippen LogP contribution is 2.34. The Morgan fingerprint density at radius 1 is 1.21 bits per heavy atom. The Hall–Kier alpha value is -2.69. The number of nitro groups is 1. The lowest BCUT2D eigenvalue weighted by molar-refractivity contribution is -0.380. The van der Waals surface area contributed by atoms with Gasteiger partial charge in [0.05, 0.1) is 26.6 Å². The van der Waals surface area contributed by atoms with Gasteiger partial charge in [-0.25, -0.2) is 4.98 Å². The van der Waals surface area contributed by atoms with E-state index in [2.05, 4.69) is 25.9 Å². The number of thiazole rings is 1. The number of amides is 1. The number of hydrogen-bond donors (Lipinski definition) is 0. The van der Waals surface area contributed by atoms with Crippen LogP contribution in [0.15, 0.2) is 59.3 Å². The number of anilines is 1. The first-order chi connectivity index (χ1) is 13.5. The highest BCUT2D eigenvalue weighted by atomic mass is 79.9. The number of carbonyl (C=O) groups is 1. The molecule has 10 heteroatoms. The number of thiophene rings is 1. The van der Waals surface area contributed by atoms with Gasteiger partial charge in [0.1, 0.15) is 0 Å². The van der Waals surface area contributed by atoms with Crippen LogP contribution in [0, 0.1) is 10.1 Å². The van der Waals surface area contributed by atoms with E-state index in [-0.39, 0.29) is 22.3 Å². The average molecular weight is 475 g/mol. The van der Waals surface area contributed by atoms with Crippen LogP contribution in [-0.2, 0) is 6.54 Å². The summed E-state index contributed by atoms with van der Waals surface area (Å²) in [5.41, 5.74) is 1.62. The normalized spacial score (nSPS) is 10.9. The highest BCUT2D eigenvalue weighted by Gasteiger charge is 2.25. The first kappa shape index (κ1) is 18.7. The monoisotopic (exact) mass is 474 g/mol. The van der Waals surface area contributed by atoms with Gasteiger partial charge >= 0.3 is 5.00 Å². The number of aromatic nitrogens is 2. The van der Waals surface area contributed by atoms with E-state index in [1.165, 1.54) is 28.4 Å². The molecule has 0 fully saturated rings. The lowest BCUT2D eigenvalue weighted by Crippen LogP contribution is -2.29. The summed E-state index contributed by atoms with van der Waals surface area (Å²) in [6, 6.07) is 12.2. The van der Waals surface area contributed by atoms with Gasteiger partial charge in [-0.3, -0.25) is 24.8 Å². The molecule has 0 spiro atoms. The maximum absolute atomic E-state index is 13.2. The minimum atomic E-state index is -0.498. The molecule has 140 valence electrons. The predicted molar refractivity (Wildman–Crippen MR) is 113 cm³/mol. The third-order valence-corrected chi connectivity index (χ3v) is 6.42. The number of benzene rings is 1. The summed E-state index contributed by atoms with van der Waals surface area (Å²) in [6.45, 7) is 0.263. The molecular formula is C18H11BrN4O3S2. The van der Waals surface area contributed by atoms with Crippen molar-refractivity contribution in [3.63, 3.8) is 0 Å². The van der Waals surface area contributed by atoms with Gasteiger partial charge in [-0.2, -0.15) is 0 Å². The summed E-state index contributed by atoms with van der Waals surface area (Å²) in [7, 11) is 0. The van der Waals surface area contributed by atoms with E-state index in [1.54, 1.807) is 18.5 Å². The lowest BCUT2D eigenvalue weighted by atomic mass is 10.2. The molecule has 0 unspecified atom stereocenters. The Kier molecular flexibility index (Phi) is 5.16. The van der Waals surface area contributed by atoms with E-state index >= 15 is 0 Å². The highest BCUT2D eigenvalue weighted by molar-refractivity contribution is 9.10. The molecule has 0 aliphatic carbocycles. The minimum absolute atomic E-state index is 0.0714. The minimum Gasteiger partial charge on any atom is -0.279 e. The van der Waals surface area contributed by atoms with Gasteiger partial charge < -0.3 is 0 Å². The summed E-state index contributed by atoms with van der Waals surface area (Å²) in [4.78, 5) is 34.2. The maximum Gasteiger partial charge on any atom is 0.324 e. The lowest BCUT2D eigenvalue weighted by Gasteiger charge is -2.19. The Morgan fingerprint density at radius 3 is 2.79 bits per heavy atom. The Balaban J connectivity index is 1.75. The van der Waals surface area contributed by atoms with Crippen LogP contribution in [0.5, 0.6) is 0 Å². The molecule has 28 heavy (non-hydrogen) atoms. The molecule has 7 nitrogen and oxygen atoms in total. The summed E-state index contributed by atoms with van der Waals surface area (Å²) in [6.07, 6.45) is 3.34. The molecule has 0 saturated carbocycles. The molecule has 0 aliphatic heterocycles. The molecule has 0 aliphatic rings. The zero-order valence-corrected chi connectivity index (χ0v) is 17.3. The molecule has 3 aromatic heterocycles. The Bertz CT molecular complexity index is 1180. The van der Waals surface area contributed by atoms with Gasteiger partial charge in [-0.1, -0.05) is 44.7 Å². The summed E-state index contributed by atoms with van der Waals surface area (Å²) >= 11 is 5.69. The van der Waals surface area contributed by atoms with Crippen LogP contribution in [-0.4, -0.2) is 20.8 Å². The molecule has 4 aromatic rings. The number of carbonyl (C=O) groups excluding carboxylic acids is 1. The van der Waals surface area contributed by atoms with Crippen LogP contribution in [0.1, 0.15) is 15.2 Å². The Labute approximate surface area is 175 Å². The van der Waals surface area contributed by atoms with Crippen LogP contribution in [0.2, 0.25) is 0 Å². The van der Waals surface area contributed by atoms with Gasteiger partial charge in [0, 0.05) is 22.9 Å². The van der Waals surface area contributed by atoms with Crippen molar-refractivity contribution in [2.24, 2.45) is 0 Å². The number of hydrogen-bond acceptors (Lipinski definition) is 7. The van der Waals surface area contributed by atoms with E-state index in [4.69, 9.17) is 0 Å². The molecular weight excluding hydrogens is 464 g/mol. The van der Waals surface area contributed by atoms with Crippen LogP contribution in [0.4, 0.5) is 10.1 Å². The molecule has 4 rings (SSSR count). The van der Waals surface area contributed by atoms with Gasteiger partial charge in [0.25, 0.3) is 5.91 Å². The standard InChI is InChI=1S/C18H11BrN4O3S2/c19-12-3-4-13-15(8-12)28-18(21-13)22(10-11-2-1-7-20-9-11)17(24)14-5-6-16(27-14)23(25)26/h1-9H,10H2. The second kappa shape index (κ2) is 7.74.